The first kappa shape index (κ1) is 38.4. The van der Waals surface area contributed by atoms with E-state index in [9.17, 15) is 40.9 Å². The van der Waals surface area contributed by atoms with Crippen molar-refractivity contribution in [1.29, 1.82) is 0 Å². The molecular weight excluding hydrogens is 801 g/mol. The van der Waals surface area contributed by atoms with Crippen LogP contribution in [0.15, 0.2) is 112 Å². The maximum absolute atomic E-state index is 12.8. The van der Waals surface area contributed by atoms with Gasteiger partial charge < -0.3 is 20.9 Å². The molecule has 0 saturated heterocycles. The van der Waals surface area contributed by atoms with Crippen LogP contribution in [0, 0.1) is 0 Å². The second-order valence-electron chi connectivity index (χ2n) is 10.7. The van der Waals surface area contributed by atoms with Crippen LogP contribution in [-0.4, -0.2) is 51.7 Å². The molecule has 280 valence electrons. The minimum Gasteiger partial charge on any atom is -0.505 e. The molecule has 9 N–H and O–H groups in total. The normalized spacial score (nSPS) is 12.6. The van der Waals surface area contributed by atoms with Gasteiger partial charge in [-0.1, -0.05) is 16.1 Å². The second kappa shape index (κ2) is 15.2. The average Bonchev–Trinajstić information content (AvgIpc) is 3.12. The second-order valence-corrected chi connectivity index (χ2v) is 15.0. The SMILES string of the molecule is Nc1cc2c(O)c(N=Nc3ccc(N=Nc4c(O)c5cc(SOOO)ccc5[nH]c4=O)c4ccc(S(=O)(=O)O)cc34)c(SOOO)cc2cc1S(=O)(=O)O. The lowest BCUT2D eigenvalue weighted by Crippen LogP contribution is -2.05. The Bertz CT molecular complexity index is 2830. The largest absolute Gasteiger partial charge is 0.505 e. The van der Waals surface area contributed by atoms with Crippen LogP contribution in [0.1, 0.15) is 0 Å². The van der Waals surface area contributed by atoms with Gasteiger partial charge in [0, 0.05) is 26.4 Å². The van der Waals surface area contributed by atoms with Crippen LogP contribution in [0.4, 0.5) is 28.4 Å². The number of hydrogen-bond donors (Lipinski definition) is 8. The highest BCUT2D eigenvalue weighted by molar-refractivity contribution is 7.95. The lowest BCUT2D eigenvalue weighted by Gasteiger charge is -2.12. The first-order valence-electron chi connectivity index (χ1n) is 14.2. The van der Waals surface area contributed by atoms with E-state index in [1.54, 1.807) is 0 Å². The van der Waals surface area contributed by atoms with Gasteiger partial charge in [0.05, 0.1) is 56.5 Å². The first-order chi connectivity index (χ1) is 25.6. The van der Waals surface area contributed by atoms with Crippen molar-refractivity contribution in [3.63, 3.8) is 0 Å². The third-order valence-corrected chi connectivity index (χ3v) is 10.4. The van der Waals surface area contributed by atoms with Crippen molar-refractivity contribution < 1.29 is 65.4 Å². The molecule has 0 aliphatic carbocycles. The predicted molar refractivity (Wildman–Crippen MR) is 189 cm³/mol. The number of azo groups is 2. The summed E-state index contributed by atoms with van der Waals surface area (Å²) in [5.41, 5.74) is 3.89. The Balaban J connectivity index is 1.48. The molecule has 0 unspecified atom stereocenters. The number of H-pyrrole nitrogens is 1. The summed E-state index contributed by atoms with van der Waals surface area (Å²) in [4.78, 5) is 14.4. The van der Waals surface area contributed by atoms with Crippen LogP contribution in [0.25, 0.3) is 32.4 Å². The van der Waals surface area contributed by atoms with Crippen molar-refractivity contribution >= 4 is 105 Å². The fourth-order valence-corrected chi connectivity index (χ4v) is 7.14. The van der Waals surface area contributed by atoms with Crippen molar-refractivity contribution in [1.82, 2.24) is 4.98 Å². The van der Waals surface area contributed by atoms with Crippen LogP contribution < -0.4 is 11.3 Å². The van der Waals surface area contributed by atoms with E-state index in [-0.39, 0.29) is 54.4 Å². The van der Waals surface area contributed by atoms with Crippen molar-refractivity contribution in [3.05, 3.63) is 77.1 Å². The van der Waals surface area contributed by atoms with Gasteiger partial charge in [0.1, 0.15) is 10.6 Å². The molecule has 25 heteroatoms. The average molecular weight is 821 g/mol. The maximum Gasteiger partial charge on any atom is 0.296 e. The number of rotatable bonds is 12. The summed E-state index contributed by atoms with van der Waals surface area (Å²) in [6.45, 7) is 0. The van der Waals surface area contributed by atoms with Crippen molar-refractivity contribution in [2.75, 3.05) is 5.73 Å². The van der Waals surface area contributed by atoms with Gasteiger partial charge in [-0.2, -0.15) is 16.8 Å². The fourth-order valence-electron chi connectivity index (χ4n) is 5.11. The summed E-state index contributed by atoms with van der Waals surface area (Å²) in [5, 5.41) is 63.0. The molecule has 5 aromatic carbocycles. The topological polar surface area (TPSA) is 335 Å². The Hall–Kier alpha value is -5.29. The van der Waals surface area contributed by atoms with Gasteiger partial charge >= 0.3 is 0 Å². The number of nitrogens with zero attached hydrogens (tertiary/aromatic N) is 4. The maximum atomic E-state index is 12.8. The summed E-state index contributed by atoms with van der Waals surface area (Å²) in [5.74, 6) is -1.19. The fraction of sp³-hybridized carbons (Fsp3) is 0. The molecule has 0 radical (unpaired) electrons. The Kier molecular flexibility index (Phi) is 10.8. The number of anilines is 1. The molecule has 54 heavy (non-hydrogen) atoms. The van der Waals surface area contributed by atoms with Gasteiger partial charge in [0.2, 0.25) is 0 Å². The summed E-state index contributed by atoms with van der Waals surface area (Å²) in [7, 11) is -9.53. The van der Waals surface area contributed by atoms with Gasteiger partial charge in [-0.25, -0.2) is 10.5 Å². The van der Waals surface area contributed by atoms with Crippen LogP contribution in [0.3, 0.4) is 0 Å². The molecule has 6 rings (SSSR count). The minimum absolute atomic E-state index is 0.00111. The first-order valence-corrected chi connectivity index (χ1v) is 18.6. The van der Waals surface area contributed by atoms with Gasteiger partial charge in [0.15, 0.2) is 17.2 Å². The number of fused-ring (bicyclic) bond motifs is 3. The lowest BCUT2D eigenvalue weighted by atomic mass is 10.1. The van der Waals surface area contributed by atoms with Crippen molar-refractivity contribution in [2.45, 2.75) is 19.6 Å². The zero-order valence-electron chi connectivity index (χ0n) is 26.2. The zero-order chi connectivity index (χ0) is 38.9. The molecule has 0 aliphatic rings. The number of benzene rings is 5. The van der Waals surface area contributed by atoms with Crippen LogP contribution >= 0.6 is 24.1 Å². The van der Waals surface area contributed by atoms with Crippen LogP contribution in [0.2, 0.25) is 0 Å². The quantitative estimate of drug-likeness (QED) is 0.0154. The molecule has 0 amide bonds. The Morgan fingerprint density at radius 2 is 1.31 bits per heavy atom. The number of phenols is 1. The van der Waals surface area contributed by atoms with Gasteiger partial charge in [-0.05, 0) is 66.0 Å². The molecule has 0 bridgehead atoms. The Labute approximate surface area is 308 Å². The Morgan fingerprint density at radius 3 is 1.98 bits per heavy atom. The molecule has 6 aromatic rings. The van der Waals surface area contributed by atoms with E-state index in [1.807, 2.05) is 0 Å². The standard InChI is InChI=1S/C29H20N6O15S4/c30-19-11-16-12(8-24(19)54(44,45)46)7-23(52-50-48-40)25(27(16)36)34-33-22-6-5-21(15-3-2-14(10-17(15)22)53(41,42)43)32-35-26-28(37)18-9-13(51-49-47-39)1-4-20(18)31-29(26)38/h1-11,36,39-40H,30H2,(H2,31,37,38)(H,41,42,43)(H,44,45,46). The molecule has 21 nitrogen and oxygen atoms in total. The van der Waals surface area contributed by atoms with Crippen LogP contribution in [0.5, 0.6) is 11.5 Å². The summed E-state index contributed by atoms with van der Waals surface area (Å²) < 4.78 is 76.0. The molecular formula is C29H20N6O15S4. The van der Waals surface area contributed by atoms with E-state index in [0.717, 1.165) is 24.3 Å². The third kappa shape index (κ3) is 7.82. The van der Waals surface area contributed by atoms with Crippen LogP contribution in [-0.2, 0) is 39.0 Å². The molecule has 0 saturated carbocycles. The highest BCUT2D eigenvalue weighted by Crippen LogP contribution is 2.46. The molecule has 0 fully saturated rings. The number of aromatic hydroxyl groups is 2. The molecule has 0 aliphatic heterocycles. The van der Waals surface area contributed by atoms with E-state index in [2.05, 4.69) is 44.2 Å². The molecule has 1 heterocycles. The van der Waals surface area contributed by atoms with E-state index in [1.165, 1.54) is 42.5 Å². The van der Waals surface area contributed by atoms with Crippen molar-refractivity contribution in [2.24, 2.45) is 20.5 Å². The molecule has 0 spiro atoms. The minimum atomic E-state index is -4.77. The van der Waals surface area contributed by atoms with Gasteiger partial charge in [-0.15, -0.1) is 29.1 Å². The summed E-state index contributed by atoms with van der Waals surface area (Å²) in [6, 6.07) is 13.6. The van der Waals surface area contributed by atoms with E-state index in [4.69, 9.17) is 16.2 Å². The van der Waals surface area contributed by atoms with E-state index >= 15 is 0 Å². The third-order valence-electron chi connectivity index (χ3n) is 7.46. The van der Waals surface area contributed by atoms with E-state index in [0.29, 0.717) is 29.0 Å². The predicted octanol–water partition coefficient (Wildman–Crippen LogP) is 7.01. The number of nitrogens with one attached hydrogen (secondary N) is 1. The number of pyridine rings is 1. The highest BCUT2D eigenvalue weighted by Gasteiger charge is 2.21. The number of nitrogens with two attached hydrogens (primary N) is 1. The number of hydrogen-bond acceptors (Lipinski definition) is 20. The summed E-state index contributed by atoms with van der Waals surface area (Å²) >= 11 is 0.914. The highest BCUT2D eigenvalue weighted by atomic mass is 32.2. The molecule has 1 aromatic heterocycles. The van der Waals surface area contributed by atoms with E-state index < -0.39 is 58.5 Å². The number of aromatic amines is 1. The van der Waals surface area contributed by atoms with Gasteiger partial charge in [-0.3, -0.25) is 13.9 Å². The molecule has 0 atom stereocenters. The smallest absolute Gasteiger partial charge is 0.296 e. The number of aromatic nitrogens is 1. The summed E-state index contributed by atoms with van der Waals surface area (Å²) in [6.07, 6.45) is 0. The van der Waals surface area contributed by atoms with Gasteiger partial charge in [0.25, 0.3) is 25.8 Å². The Morgan fingerprint density at radius 1 is 0.667 bits per heavy atom. The number of phenolic OH excluding ortho intramolecular Hbond substituents is 1. The zero-order valence-corrected chi connectivity index (χ0v) is 29.5. The lowest BCUT2D eigenvalue weighted by molar-refractivity contribution is -0.432. The monoisotopic (exact) mass is 820 g/mol. The number of nitrogen functional groups attached to an aromatic ring is 1. The van der Waals surface area contributed by atoms with Crippen molar-refractivity contribution in [3.8, 4) is 11.5 Å².